The van der Waals surface area contributed by atoms with Crippen LogP contribution in [0.1, 0.15) is 81.5 Å². The van der Waals surface area contributed by atoms with Crippen LogP contribution in [0.15, 0.2) is 42.7 Å². The second kappa shape index (κ2) is 10.8. The number of rotatable bonds is 4. The fourth-order valence-electron chi connectivity index (χ4n) is 4.03. The second-order valence-electron chi connectivity index (χ2n) is 7.14. The van der Waals surface area contributed by atoms with Crippen molar-refractivity contribution in [3.63, 3.8) is 0 Å². The van der Waals surface area contributed by atoms with E-state index in [-0.39, 0.29) is 13.7 Å². The highest BCUT2D eigenvalue weighted by molar-refractivity contribution is 7.62. The number of hydrogen-bond acceptors (Lipinski definition) is 1. The van der Waals surface area contributed by atoms with Gasteiger partial charge in [-0.2, -0.15) is 0 Å². The molecule has 2 heteroatoms. The predicted molar refractivity (Wildman–Crippen MR) is 107 cm³/mol. The molecule has 0 saturated heterocycles. The van der Waals surface area contributed by atoms with Crippen LogP contribution in [0.5, 0.6) is 0 Å². The van der Waals surface area contributed by atoms with Crippen molar-refractivity contribution in [1.29, 1.82) is 0 Å². The lowest BCUT2D eigenvalue weighted by Gasteiger charge is -2.36. The van der Waals surface area contributed by atoms with E-state index < -0.39 is 0 Å². The molecule has 1 nitrogen and oxygen atoms in total. The molecule has 1 aromatic rings. The van der Waals surface area contributed by atoms with Crippen LogP contribution in [0.2, 0.25) is 0 Å². The first-order chi connectivity index (χ1) is 11.7. The van der Waals surface area contributed by atoms with Crippen LogP contribution in [0.25, 0.3) is 0 Å². The minimum Gasteiger partial charge on any atom is -0.295 e. The van der Waals surface area contributed by atoms with E-state index in [1.54, 1.807) is 6.92 Å². The zero-order valence-electron chi connectivity index (χ0n) is 15.3. The molecule has 1 aromatic carbocycles. The van der Waals surface area contributed by atoms with Gasteiger partial charge >= 0.3 is 0 Å². The maximum Gasteiger partial charge on any atom is 0.159 e. The molecule has 0 radical (unpaired) electrons. The van der Waals surface area contributed by atoms with Crippen molar-refractivity contribution in [1.82, 2.24) is 0 Å². The minimum atomic E-state index is 0.121. The van der Waals surface area contributed by atoms with E-state index in [1.165, 1.54) is 64.2 Å². The molecule has 0 aromatic heterocycles. The van der Waals surface area contributed by atoms with Crippen LogP contribution in [0.3, 0.4) is 0 Å². The van der Waals surface area contributed by atoms with Crippen molar-refractivity contribution < 1.29 is 4.79 Å². The average molecular weight is 344 g/mol. The zero-order valence-corrected chi connectivity index (χ0v) is 16.1. The fraction of sp³-hybridized carbons (Fsp3) is 0.591. The first-order valence-corrected chi connectivity index (χ1v) is 11.2. The molecule has 2 aliphatic carbocycles. The number of ketones is 1. The molecule has 0 spiro atoms. The smallest absolute Gasteiger partial charge is 0.159 e. The Kier molecular flexibility index (Phi) is 8.75. The number of hydrogen-bond donors (Lipinski definition) is 0. The maximum absolute atomic E-state index is 10.6. The van der Waals surface area contributed by atoms with Crippen LogP contribution in [0, 0.1) is 0 Å². The number of carbonyl (C=O) groups is 1. The Labute approximate surface area is 149 Å². The summed E-state index contributed by atoms with van der Waals surface area (Å²) in [5.41, 5.74) is 2.88. The van der Waals surface area contributed by atoms with Crippen molar-refractivity contribution in [2.75, 3.05) is 0 Å². The summed E-state index contributed by atoms with van der Waals surface area (Å²) in [5, 5.41) is 0. The molecule has 0 N–H and O–H groups in total. The Balaban J connectivity index is 0.000000198. The van der Waals surface area contributed by atoms with Gasteiger partial charge in [0.25, 0.3) is 0 Å². The van der Waals surface area contributed by atoms with Crippen molar-refractivity contribution in [3.05, 3.63) is 48.3 Å². The topological polar surface area (TPSA) is 17.1 Å². The SMILES string of the molecule is C=CP(C1CCCCC1)C1CCCCC1.CC(=O)c1ccccc1. The summed E-state index contributed by atoms with van der Waals surface area (Å²) in [4.78, 5) is 10.6. The number of Topliss-reactive ketones (excluding diaryl/α,β-unsaturated/α-hetero) is 1. The quantitative estimate of drug-likeness (QED) is 0.418. The van der Waals surface area contributed by atoms with Crippen LogP contribution < -0.4 is 0 Å². The van der Waals surface area contributed by atoms with E-state index in [9.17, 15) is 4.79 Å². The summed E-state index contributed by atoms with van der Waals surface area (Å²) in [6, 6.07) is 9.23. The van der Waals surface area contributed by atoms with Crippen LogP contribution in [0.4, 0.5) is 0 Å². The minimum absolute atomic E-state index is 0.121. The molecule has 3 rings (SSSR count). The highest BCUT2D eigenvalue weighted by Gasteiger charge is 2.28. The molecule has 0 unspecified atom stereocenters. The molecule has 0 aliphatic heterocycles. The Morgan fingerprint density at radius 3 is 1.71 bits per heavy atom. The third-order valence-electron chi connectivity index (χ3n) is 5.38. The van der Waals surface area contributed by atoms with Crippen LogP contribution in [-0.2, 0) is 0 Å². The van der Waals surface area contributed by atoms with Gasteiger partial charge < -0.3 is 0 Å². The molecule has 132 valence electrons. The summed E-state index contributed by atoms with van der Waals surface area (Å²) in [7, 11) is 0.169. The van der Waals surface area contributed by atoms with Gasteiger partial charge in [-0.3, -0.25) is 4.79 Å². The standard InChI is InChI=1S/C14H25P.C8H8O/c1-2-15(13-9-5-3-6-10-13)14-11-7-4-8-12-14;1-7(9)8-5-3-2-4-6-8/h2,13-14H,1,3-12H2;2-6H,1H3. The molecular formula is C22H33OP. The Hall–Kier alpha value is -0.940. The maximum atomic E-state index is 10.6. The van der Waals surface area contributed by atoms with E-state index in [0.29, 0.717) is 0 Å². The van der Waals surface area contributed by atoms with E-state index in [0.717, 1.165) is 16.9 Å². The van der Waals surface area contributed by atoms with Crippen LogP contribution >= 0.6 is 7.92 Å². The van der Waals surface area contributed by atoms with E-state index in [2.05, 4.69) is 12.4 Å². The summed E-state index contributed by atoms with van der Waals surface area (Å²) < 4.78 is 0. The monoisotopic (exact) mass is 344 g/mol. The summed E-state index contributed by atoms with van der Waals surface area (Å²) in [6.07, 6.45) is 15.0. The zero-order chi connectivity index (χ0) is 17.2. The summed E-state index contributed by atoms with van der Waals surface area (Å²) in [6.45, 7) is 5.71. The van der Waals surface area contributed by atoms with Gasteiger partial charge in [0, 0.05) is 5.56 Å². The molecule has 2 fully saturated rings. The third-order valence-corrected chi connectivity index (χ3v) is 8.52. The van der Waals surface area contributed by atoms with Gasteiger partial charge in [0.2, 0.25) is 0 Å². The molecule has 24 heavy (non-hydrogen) atoms. The molecule has 0 heterocycles. The van der Waals surface area contributed by atoms with Crippen molar-refractivity contribution in [2.24, 2.45) is 0 Å². The van der Waals surface area contributed by atoms with Gasteiger partial charge in [0.1, 0.15) is 0 Å². The van der Waals surface area contributed by atoms with Crippen molar-refractivity contribution >= 4 is 13.7 Å². The van der Waals surface area contributed by atoms with Gasteiger partial charge in [-0.25, -0.2) is 0 Å². The first kappa shape index (κ1) is 19.4. The van der Waals surface area contributed by atoms with E-state index >= 15 is 0 Å². The van der Waals surface area contributed by atoms with Gasteiger partial charge in [-0.05, 0) is 43.9 Å². The Bertz CT molecular complexity index is 466. The third kappa shape index (κ3) is 6.17. The second-order valence-corrected chi connectivity index (χ2v) is 9.86. The average Bonchev–Trinajstić information content (AvgIpc) is 2.65. The molecule has 0 bridgehead atoms. The van der Waals surface area contributed by atoms with Crippen molar-refractivity contribution in [3.8, 4) is 0 Å². The van der Waals surface area contributed by atoms with Gasteiger partial charge in [-0.1, -0.05) is 89.2 Å². The first-order valence-electron chi connectivity index (χ1n) is 9.68. The van der Waals surface area contributed by atoms with Crippen LogP contribution in [-0.4, -0.2) is 17.1 Å². The highest BCUT2D eigenvalue weighted by atomic mass is 31.1. The van der Waals surface area contributed by atoms with Gasteiger partial charge in [0.05, 0.1) is 0 Å². The van der Waals surface area contributed by atoms with Gasteiger partial charge in [0.15, 0.2) is 5.78 Å². The summed E-state index contributed by atoms with van der Waals surface area (Å²) in [5.74, 6) is 2.48. The lowest BCUT2D eigenvalue weighted by atomic mass is 9.99. The lowest BCUT2D eigenvalue weighted by Crippen LogP contribution is -2.19. The van der Waals surface area contributed by atoms with Gasteiger partial charge in [-0.15, -0.1) is 0 Å². The molecular weight excluding hydrogens is 311 g/mol. The highest BCUT2D eigenvalue weighted by Crippen LogP contribution is 2.56. The van der Waals surface area contributed by atoms with E-state index in [1.807, 2.05) is 30.3 Å². The summed E-state index contributed by atoms with van der Waals surface area (Å²) >= 11 is 0. The normalized spacial score (nSPS) is 19.4. The molecule has 2 aliphatic rings. The molecule has 0 amide bonds. The largest absolute Gasteiger partial charge is 0.295 e. The molecule has 2 saturated carbocycles. The Morgan fingerprint density at radius 2 is 1.38 bits per heavy atom. The molecule has 0 atom stereocenters. The van der Waals surface area contributed by atoms with E-state index in [4.69, 9.17) is 0 Å². The number of benzene rings is 1. The lowest BCUT2D eigenvalue weighted by molar-refractivity contribution is 0.101. The van der Waals surface area contributed by atoms with Crippen molar-refractivity contribution in [2.45, 2.75) is 82.4 Å². The fourth-order valence-corrected chi connectivity index (χ4v) is 7.14. The predicted octanol–water partition coefficient (Wildman–Crippen LogP) is 7.17. The Morgan fingerprint density at radius 1 is 0.917 bits per heavy atom. The number of carbonyl (C=O) groups excluding carboxylic acids is 1.